The fourth-order valence-corrected chi connectivity index (χ4v) is 13.1. The van der Waals surface area contributed by atoms with E-state index in [0.717, 1.165) is 61.0 Å². The molecule has 2 aliphatic rings. The average molecular weight is 986 g/mol. The van der Waals surface area contributed by atoms with Crippen LogP contribution in [0.5, 0.6) is 5.75 Å². The summed E-state index contributed by atoms with van der Waals surface area (Å²) in [7, 11) is 3.91. The number of hydrogen-bond acceptors (Lipinski definition) is 12. The highest BCUT2D eigenvalue weighted by molar-refractivity contribution is 8.14. The van der Waals surface area contributed by atoms with Crippen LogP contribution in [0.1, 0.15) is 121 Å². The van der Waals surface area contributed by atoms with Crippen LogP contribution < -0.4 is 15.4 Å². The van der Waals surface area contributed by atoms with Gasteiger partial charge in [0.25, 0.3) is 0 Å². The minimum atomic E-state index is -2.04. The van der Waals surface area contributed by atoms with Crippen molar-refractivity contribution in [2.24, 2.45) is 28.2 Å². The van der Waals surface area contributed by atoms with Gasteiger partial charge in [-0.2, -0.15) is 0 Å². The first-order valence-electron chi connectivity index (χ1n) is 25.0. The van der Waals surface area contributed by atoms with E-state index in [-0.39, 0.29) is 59.9 Å². The van der Waals surface area contributed by atoms with Crippen molar-refractivity contribution in [3.63, 3.8) is 0 Å². The first-order valence-corrected chi connectivity index (χ1v) is 28.5. The fraction of sp³-hybridized carbons (Fsp3) is 0.731. The molecule has 3 rings (SSSR count). The van der Waals surface area contributed by atoms with Crippen molar-refractivity contribution in [2.45, 2.75) is 182 Å². The van der Waals surface area contributed by atoms with Crippen LogP contribution in [0.4, 0.5) is 0 Å². The summed E-state index contributed by atoms with van der Waals surface area (Å²) in [4.78, 5) is 76.0. The van der Waals surface area contributed by atoms with Crippen molar-refractivity contribution in [1.82, 2.24) is 20.4 Å². The highest BCUT2D eigenvalue weighted by Gasteiger charge is 2.40. The highest BCUT2D eigenvalue weighted by Crippen LogP contribution is 2.36. The molecule has 1 aromatic carbocycles. The van der Waals surface area contributed by atoms with Crippen LogP contribution in [-0.2, 0) is 44.3 Å². The van der Waals surface area contributed by atoms with E-state index in [1.54, 1.807) is 51.9 Å². The molecule has 0 radical (unpaired) electrons. The predicted octanol–water partition coefficient (Wildman–Crippen LogP) is 8.23. The summed E-state index contributed by atoms with van der Waals surface area (Å²) in [5.74, 6) is -0.339. The Balaban J connectivity index is 1.86. The van der Waals surface area contributed by atoms with Crippen molar-refractivity contribution < 1.29 is 42.6 Å². The lowest BCUT2D eigenvalue weighted by Crippen LogP contribution is -2.56. The molecule has 2 heterocycles. The summed E-state index contributed by atoms with van der Waals surface area (Å²) in [6.07, 6.45) is 5.41. The maximum Gasteiger partial charge on any atom is 0.328 e. The molecule has 0 aromatic heterocycles. The normalized spacial score (nSPS) is 19.8. The number of carbonyl (C=O) groups is 5. The predicted molar refractivity (Wildman–Crippen MR) is 276 cm³/mol. The molecule has 1 saturated heterocycles. The lowest BCUT2D eigenvalue weighted by Gasteiger charge is -2.38. The number of amides is 3. The van der Waals surface area contributed by atoms with Gasteiger partial charge in [-0.3, -0.25) is 24.2 Å². The third-order valence-electron chi connectivity index (χ3n) is 14.1. The topological polar surface area (TPSA) is 165 Å². The lowest BCUT2D eigenvalue weighted by atomic mass is 9.81. The van der Waals surface area contributed by atoms with E-state index in [1.165, 1.54) is 24.0 Å². The van der Waals surface area contributed by atoms with E-state index in [1.807, 2.05) is 32.1 Å². The Labute approximate surface area is 414 Å². The van der Waals surface area contributed by atoms with Crippen molar-refractivity contribution >= 4 is 54.8 Å². The second-order valence-electron chi connectivity index (χ2n) is 20.7. The largest absolute Gasteiger partial charge is 0.497 e. The molecule has 16 heteroatoms. The third-order valence-corrected chi connectivity index (χ3v) is 20.0. The van der Waals surface area contributed by atoms with Gasteiger partial charge >= 0.3 is 11.9 Å². The number of esters is 2. The molecule has 0 unspecified atom stereocenters. The van der Waals surface area contributed by atoms with E-state index < -0.39 is 50.1 Å². The summed E-state index contributed by atoms with van der Waals surface area (Å²) in [5.41, 5.74) is 0.983. The molecule has 0 aliphatic carbocycles. The lowest BCUT2D eigenvalue weighted by molar-refractivity contribution is -0.158. The van der Waals surface area contributed by atoms with E-state index >= 15 is 0 Å². The minimum absolute atomic E-state index is 0.00360. The zero-order valence-corrected chi connectivity index (χ0v) is 46.2. The van der Waals surface area contributed by atoms with Gasteiger partial charge in [-0.25, -0.2) is 4.79 Å². The molecule has 68 heavy (non-hydrogen) atoms. The summed E-state index contributed by atoms with van der Waals surface area (Å²) in [6.45, 7) is 25.7. The van der Waals surface area contributed by atoms with Crippen molar-refractivity contribution in [1.29, 1.82) is 0 Å². The number of aliphatic imine (C=N–C) groups is 1. The van der Waals surface area contributed by atoms with Crippen molar-refractivity contribution in [3.05, 3.63) is 41.5 Å². The van der Waals surface area contributed by atoms with Crippen molar-refractivity contribution in [2.75, 3.05) is 40.6 Å². The monoisotopic (exact) mass is 986 g/mol. The Morgan fingerprint density at radius 1 is 0.926 bits per heavy atom. The molecule has 1 fully saturated rings. The zero-order valence-electron chi connectivity index (χ0n) is 44.4. The van der Waals surface area contributed by atoms with Gasteiger partial charge in [-0.1, -0.05) is 87.4 Å². The van der Waals surface area contributed by atoms with Gasteiger partial charge in [-0.05, 0) is 106 Å². The highest BCUT2D eigenvalue weighted by atomic mass is 32.2. The Hall–Kier alpha value is -3.73. The van der Waals surface area contributed by atoms with E-state index in [0.29, 0.717) is 23.5 Å². The molecule has 2 aliphatic heterocycles. The standard InChI is InChI=1S/C52H87N5O9SSi/c1-17-68(18-2,19-3)66-44(28-34(6)29-45(52(10,11)12)65-50(61)41-21-20-26-53-41)36(8)47-54-39(32-67-47)30-35(7)46(58)55-42(31-38-22-24-40(63-15)25-23-38)49(60)56(13)37(9)48(59)57(14)43(27-33(4)5)51(62)64-16/h22-25,30,33-34,36-37,39,41-45,53H,17-21,26-29,31-32H2,1-16H3,(H,55,58)/b35-30+/t34-,36-,37-,39-,41-,42-,43-,44-,45-/m0/s1. The summed E-state index contributed by atoms with van der Waals surface area (Å²) >= 11 is 1.70. The van der Waals surface area contributed by atoms with Gasteiger partial charge < -0.3 is 39.1 Å². The number of carbonyl (C=O) groups excluding carboxylic acids is 5. The summed E-state index contributed by atoms with van der Waals surface area (Å²) in [6, 6.07) is 7.05. The van der Waals surface area contributed by atoms with Crippen LogP contribution in [-0.4, -0.2) is 136 Å². The number of thioether (sulfide) groups is 1. The van der Waals surface area contributed by atoms with Crippen LogP contribution in [0, 0.1) is 23.2 Å². The maximum atomic E-state index is 14.4. The van der Waals surface area contributed by atoms with Crippen LogP contribution in [0.2, 0.25) is 18.1 Å². The van der Waals surface area contributed by atoms with Gasteiger partial charge in [-0.15, -0.1) is 11.8 Å². The summed E-state index contributed by atoms with van der Waals surface area (Å²) in [5, 5.41) is 7.27. The number of likely N-dealkylation sites (N-methyl/N-ethyl adjacent to an activating group) is 2. The minimum Gasteiger partial charge on any atom is -0.497 e. The molecule has 9 atom stereocenters. The SMILES string of the molecule is CC[Si](CC)(CC)O[C@@H](C[C@H](C)C[C@H](OC(=O)[C@@H]1CCCN1)C(C)(C)C)[C@H](C)C1=N[C@@H](/C=C(\C)C(=O)N[C@@H](Cc2ccc(OC)cc2)C(=O)N(C)[C@@H](C)C(=O)N(C)[C@@H](CC(C)C)C(=O)OC)CS1. The van der Waals surface area contributed by atoms with Gasteiger partial charge in [0, 0.05) is 37.8 Å². The van der Waals surface area contributed by atoms with Gasteiger partial charge in [0.1, 0.15) is 36.0 Å². The smallest absolute Gasteiger partial charge is 0.328 e. The Morgan fingerprint density at radius 2 is 1.56 bits per heavy atom. The number of ether oxygens (including phenoxy) is 3. The number of rotatable bonds is 26. The van der Waals surface area contributed by atoms with Crippen LogP contribution in [0.15, 0.2) is 40.9 Å². The molecule has 3 amide bonds. The molecule has 2 N–H and O–H groups in total. The van der Waals surface area contributed by atoms with Crippen molar-refractivity contribution in [3.8, 4) is 5.75 Å². The third kappa shape index (κ3) is 16.7. The quantitative estimate of drug-likeness (QED) is 0.0522. The molecule has 0 bridgehead atoms. The Kier molecular flexibility index (Phi) is 23.3. The Bertz CT molecular complexity index is 1870. The average Bonchev–Trinajstić information content (AvgIpc) is 4.03. The van der Waals surface area contributed by atoms with E-state index in [9.17, 15) is 24.0 Å². The summed E-state index contributed by atoms with van der Waals surface area (Å²) < 4.78 is 23.9. The first kappa shape index (κ1) is 58.6. The molecular formula is C52H87N5O9SSi. The second kappa shape index (κ2) is 27.0. The van der Waals surface area contributed by atoms with Crippen LogP contribution in [0.25, 0.3) is 0 Å². The number of nitrogens with one attached hydrogen (secondary N) is 2. The molecule has 0 saturated carbocycles. The first-order chi connectivity index (χ1) is 31.9. The molecule has 14 nitrogen and oxygen atoms in total. The molecule has 0 spiro atoms. The van der Waals surface area contributed by atoms with E-state index in [2.05, 4.69) is 66.0 Å². The van der Waals surface area contributed by atoms with Crippen LogP contribution >= 0.6 is 11.8 Å². The second-order valence-corrected chi connectivity index (χ2v) is 26.5. The Morgan fingerprint density at radius 3 is 2.09 bits per heavy atom. The molecule has 384 valence electrons. The van der Waals surface area contributed by atoms with Gasteiger partial charge in [0.15, 0.2) is 8.32 Å². The molecule has 1 aromatic rings. The number of nitrogens with zero attached hydrogens (tertiary/aromatic N) is 3. The van der Waals surface area contributed by atoms with E-state index in [4.69, 9.17) is 23.6 Å². The van der Waals surface area contributed by atoms with Gasteiger partial charge in [0.05, 0.1) is 31.4 Å². The molecular weight excluding hydrogens is 899 g/mol. The zero-order chi connectivity index (χ0) is 51.1. The fourth-order valence-electron chi connectivity index (χ4n) is 9.00. The van der Waals surface area contributed by atoms with Gasteiger partial charge in [0.2, 0.25) is 17.7 Å². The maximum absolute atomic E-state index is 14.4. The number of hydrogen-bond donors (Lipinski definition) is 2. The van der Waals surface area contributed by atoms with Crippen LogP contribution in [0.3, 0.4) is 0 Å². The number of benzene rings is 1. The number of methoxy groups -OCH3 is 2.